The molecule has 0 spiro atoms. The van der Waals surface area contributed by atoms with Crippen LogP contribution in [-0.2, 0) is 12.8 Å². The van der Waals surface area contributed by atoms with Crippen molar-refractivity contribution in [1.82, 2.24) is 10.4 Å². The van der Waals surface area contributed by atoms with E-state index in [4.69, 9.17) is 4.74 Å². The number of hydrogen-bond donors (Lipinski definition) is 2. The van der Waals surface area contributed by atoms with Crippen LogP contribution >= 0.6 is 0 Å². The van der Waals surface area contributed by atoms with Gasteiger partial charge in [-0.1, -0.05) is 12.1 Å². The van der Waals surface area contributed by atoms with Crippen molar-refractivity contribution >= 4 is 23.0 Å². The normalized spacial score (nSPS) is 13.8. The third-order valence-corrected chi connectivity index (χ3v) is 4.97. The predicted molar refractivity (Wildman–Crippen MR) is 112 cm³/mol. The number of aromatic nitrogens is 1. The van der Waals surface area contributed by atoms with Crippen LogP contribution in [-0.4, -0.2) is 23.2 Å². The molecule has 4 rings (SSSR count). The lowest BCUT2D eigenvalue weighted by Crippen LogP contribution is -2.17. The van der Waals surface area contributed by atoms with E-state index in [2.05, 4.69) is 15.5 Å². The van der Waals surface area contributed by atoms with Crippen molar-refractivity contribution in [3.63, 3.8) is 0 Å². The van der Waals surface area contributed by atoms with Crippen LogP contribution in [0.4, 0.5) is 0 Å². The Balaban J connectivity index is 1.47. The molecule has 0 bridgehead atoms. The average molecular weight is 375 g/mol. The predicted octanol–water partition coefficient (Wildman–Crippen LogP) is 4.60. The SMILES string of the molecule is CC(C)Oc1cccc(/C=N\NC(=O)c2ccc3[nH]c4c(c3c2)CCCC4)c1. The third kappa shape index (κ3) is 3.93. The van der Waals surface area contributed by atoms with E-state index in [1.807, 2.05) is 56.3 Å². The van der Waals surface area contributed by atoms with Crippen molar-refractivity contribution in [3.8, 4) is 5.75 Å². The van der Waals surface area contributed by atoms with E-state index in [0.29, 0.717) is 5.56 Å². The maximum Gasteiger partial charge on any atom is 0.271 e. The highest BCUT2D eigenvalue weighted by Gasteiger charge is 2.16. The molecule has 0 saturated heterocycles. The first-order valence-electron chi connectivity index (χ1n) is 9.84. The Morgan fingerprint density at radius 1 is 1.18 bits per heavy atom. The molecule has 3 aromatic rings. The molecule has 0 unspecified atom stereocenters. The van der Waals surface area contributed by atoms with Gasteiger partial charge in [-0.15, -0.1) is 0 Å². The summed E-state index contributed by atoms with van der Waals surface area (Å²) in [6.07, 6.45) is 6.34. The van der Waals surface area contributed by atoms with Crippen LogP contribution < -0.4 is 10.2 Å². The Morgan fingerprint density at radius 2 is 2.04 bits per heavy atom. The van der Waals surface area contributed by atoms with Gasteiger partial charge in [0.2, 0.25) is 0 Å². The van der Waals surface area contributed by atoms with Crippen molar-refractivity contribution in [1.29, 1.82) is 0 Å². The van der Waals surface area contributed by atoms with Crippen LogP contribution in [0.1, 0.15) is 53.9 Å². The lowest BCUT2D eigenvalue weighted by atomic mass is 9.95. The van der Waals surface area contributed by atoms with Crippen molar-refractivity contribution in [2.24, 2.45) is 5.10 Å². The van der Waals surface area contributed by atoms with E-state index in [1.54, 1.807) is 6.21 Å². The zero-order chi connectivity index (χ0) is 19.5. The summed E-state index contributed by atoms with van der Waals surface area (Å²) in [5.74, 6) is 0.575. The number of aryl methyl sites for hydroxylation is 2. The van der Waals surface area contributed by atoms with Crippen LogP contribution in [0.5, 0.6) is 5.75 Å². The van der Waals surface area contributed by atoms with Crippen molar-refractivity contribution in [2.75, 3.05) is 0 Å². The number of H-pyrrole nitrogens is 1. The Hall–Kier alpha value is -3.08. The summed E-state index contributed by atoms with van der Waals surface area (Å²) >= 11 is 0. The Morgan fingerprint density at radius 3 is 2.89 bits per heavy atom. The summed E-state index contributed by atoms with van der Waals surface area (Å²) in [4.78, 5) is 16.0. The highest BCUT2D eigenvalue weighted by Crippen LogP contribution is 2.29. The smallest absolute Gasteiger partial charge is 0.271 e. The van der Waals surface area contributed by atoms with Gasteiger partial charge in [0.1, 0.15) is 5.75 Å². The lowest BCUT2D eigenvalue weighted by molar-refractivity contribution is 0.0955. The molecule has 1 amide bonds. The number of hydrazone groups is 1. The van der Waals surface area contributed by atoms with Gasteiger partial charge in [0, 0.05) is 22.2 Å². The van der Waals surface area contributed by atoms with Gasteiger partial charge in [0.25, 0.3) is 5.91 Å². The minimum absolute atomic E-state index is 0.112. The summed E-state index contributed by atoms with van der Waals surface area (Å²) in [5, 5.41) is 5.26. The number of ether oxygens (including phenoxy) is 1. The number of benzene rings is 2. The molecule has 0 saturated carbocycles. The molecule has 0 aliphatic heterocycles. The largest absolute Gasteiger partial charge is 0.491 e. The number of rotatable bonds is 5. The standard InChI is InChI=1S/C23H25N3O2/c1-15(2)28-18-7-5-6-16(12-18)14-24-26-23(27)17-10-11-22-20(13-17)19-8-3-4-9-21(19)25-22/h5-7,10-15,25H,3-4,8-9H2,1-2H3,(H,26,27)/b24-14-. The topological polar surface area (TPSA) is 66.5 Å². The van der Waals surface area contributed by atoms with Gasteiger partial charge in [-0.3, -0.25) is 4.79 Å². The van der Waals surface area contributed by atoms with E-state index >= 15 is 0 Å². The maximum atomic E-state index is 12.5. The summed E-state index contributed by atoms with van der Waals surface area (Å²) < 4.78 is 5.68. The van der Waals surface area contributed by atoms with Crippen LogP contribution in [0.3, 0.4) is 0 Å². The second kappa shape index (κ2) is 7.89. The van der Waals surface area contributed by atoms with Crippen LogP contribution in [0.25, 0.3) is 10.9 Å². The van der Waals surface area contributed by atoms with Gasteiger partial charge in [-0.2, -0.15) is 5.10 Å². The highest BCUT2D eigenvalue weighted by molar-refractivity contribution is 5.99. The maximum absolute atomic E-state index is 12.5. The zero-order valence-corrected chi connectivity index (χ0v) is 16.3. The molecule has 1 aliphatic rings. The summed E-state index contributed by atoms with van der Waals surface area (Å²) in [6.45, 7) is 3.97. The molecule has 5 nitrogen and oxygen atoms in total. The van der Waals surface area contributed by atoms with Crippen LogP contribution in [0.2, 0.25) is 0 Å². The molecule has 1 heterocycles. The first-order chi connectivity index (χ1) is 13.6. The third-order valence-electron chi connectivity index (χ3n) is 4.97. The highest BCUT2D eigenvalue weighted by atomic mass is 16.5. The number of carbonyl (C=O) groups excluding carboxylic acids is 1. The molecule has 144 valence electrons. The second-order valence-corrected chi connectivity index (χ2v) is 7.49. The molecule has 28 heavy (non-hydrogen) atoms. The monoisotopic (exact) mass is 375 g/mol. The fourth-order valence-corrected chi connectivity index (χ4v) is 3.72. The molecule has 5 heteroatoms. The summed E-state index contributed by atoms with van der Waals surface area (Å²) in [6, 6.07) is 13.4. The van der Waals surface area contributed by atoms with Crippen molar-refractivity contribution in [3.05, 3.63) is 64.8 Å². The molecule has 1 aliphatic carbocycles. The molecule has 0 radical (unpaired) electrons. The number of aromatic amines is 1. The number of nitrogens with zero attached hydrogens (tertiary/aromatic N) is 1. The molecule has 0 fully saturated rings. The quantitative estimate of drug-likeness (QED) is 0.506. The average Bonchev–Trinajstić information content (AvgIpc) is 3.05. The van der Waals surface area contributed by atoms with Crippen LogP contribution in [0, 0.1) is 0 Å². The van der Waals surface area contributed by atoms with Gasteiger partial charge >= 0.3 is 0 Å². The number of amides is 1. The summed E-state index contributed by atoms with van der Waals surface area (Å²) in [7, 11) is 0. The molecular weight excluding hydrogens is 350 g/mol. The lowest BCUT2D eigenvalue weighted by Gasteiger charge is -2.10. The van der Waals surface area contributed by atoms with E-state index in [9.17, 15) is 4.79 Å². The van der Waals surface area contributed by atoms with Crippen molar-refractivity contribution < 1.29 is 9.53 Å². The van der Waals surface area contributed by atoms with Gasteiger partial charge in [-0.25, -0.2) is 5.43 Å². The Bertz CT molecular complexity index is 1030. The van der Waals surface area contributed by atoms with Gasteiger partial charge in [0.05, 0.1) is 12.3 Å². The van der Waals surface area contributed by atoms with Gasteiger partial charge in [0.15, 0.2) is 0 Å². The summed E-state index contributed by atoms with van der Waals surface area (Å²) in [5.41, 5.74) is 7.90. The van der Waals surface area contributed by atoms with Crippen molar-refractivity contribution in [2.45, 2.75) is 45.6 Å². The number of carbonyl (C=O) groups is 1. The minimum atomic E-state index is -0.210. The second-order valence-electron chi connectivity index (χ2n) is 7.49. The number of hydrogen-bond acceptors (Lipinski definition) is 3. The van der Waals surface area contributed by atoms with E-state index in [-0.39, 0.29) is 12.0 Å². The van der Waals surface area contributed by atoms with E-state index in [0.717, 1.165) is 35.1 Å². The fourth-order valence-electron chi connectivity index (χ4n) is 3.72. The van der Waals surface area contributed by atoms with Crippen LogP contribution in [0.15, 0.2) is 47.6 Å². The molecule has 0 atom stereocenters. The first kappa shape index (κ1) is 18.3. The number of nitrogens with one attached hydrogen (secondary N) is 2. The molecule has 2 N–H and O–H groups in total. The minimum Gasteiger partial charge on any atom is -0.491 e. The van der Waals surface area contributed by atoms with Gasteiger partial charge < -0.3 is 9.72 Å². The first-order valence-corrected chi connectivity index (χ1v) is 9.84. The molecule has 1 aromatic heterocycles. The van der Waals surface area contributed by atoms with E-state index in [1.165, 1.54) is 24.1 Å². The molecular formula is C23H25N3O2. The Labute approximate surface area is 164 Å². The Kier molecular flexibility index (Phi) is 5.15. The van der Waals surface area contributed by atoms with Gasteiger partial charge in [-0.05, 0) is 81.0 Å². The fraction of sp³-hybridized carbons (Fsp3) is 0.304. The molecule has 2 aromatic carbocycles. The van der Waals surface area contributed by atoms with E-state index < -0.39 is 0 Å². The number of fused-ring (bicyclic) bond motifs is 3. The zero-order valence-electron chi connectivity index (χ0n) is 16.3.